The van der Waals surface area contributed by atoms with Crippen LogP contribution in [0, 0.1) is 5.92 Å². The van der Waals surface area contributed by atoms with Gasteiger partial charge in [0, 0.05) is 6.04 Å². The minimum absolute atomic E-state index is 0.0905. The smallest absolute Gasteiger partial charge is 0.406 e. The van der Waals surface area contributed by atoms with Crippen molar-refractivity contribution >= 4 is 17.7 Å². The molecule has 11 heteroatoms. The van der Waals surface area contributed by atoms with Crippen LogP contribution in [0.2, 0.25) is 0 Å². The minimum Gasteiger partial charge on any atom is -0.406 e. The zero-order valence-corrected chi connectivity index (χ0v) is 16.0. The molecule has 1 aliphatic carbocycles. The van der Waals surface area contributed by atoms with E-state index in [-0.39, 0.29) is 23.5 Å². The van der Waals surface area contributed by atoms with E-state index in [2.05, 4.69) is 32.5 Å². The second kappa shape index (κ2) is 8.80. The Kier molecular flexibility index (Phi) is 6.42. The van der Waals surface area contributed by atoms with Gasteiger partial charge >= 0.3 is 6.36 Å². The van der Waals surface area contributed by atoms with Crippen LogP contribution in [0.5, 0.6) is 5.75 Å². The Hall–Kier alpha value is -2.30. The first kappa shape index (κ1) is 20.4. The molecule has 0 bridgehead atoms. The number of nitrogens with one attached hydrogen (secondary N) is 1. The average Bonchev–Trinajstić information content (AvgIpc) is 3.10. The molecule has 28 heavy (non-hydrogen) atoms. The van der Waals surface area contributed by atoms with Crippen LogP contribution in [-0.2, 0) is 4.79 Å². The predicted molar refractivity (Wildman–Crippen MR) is 96.1 cm³/mol. The highest BCUT2D eigenvalue weighted by atomic mass is 32.2. The number of tetrazole rings is 1. The molecule has 1 N–H and O–H groups in total. The standard InChI is InChI=1S/C17H20F3N5O2S/c1-11-4-2-3-5-14(11)21-15(26)10-28-16-22-23-24-25(16)12-6-8-13(9-7-12)27-17(18,19)20/h6-9,11,14H,2-5,10H2,1H3,(H,21,26)/t11-,14+/m0/s1. The van der Waals surface area contributed by atoms with Gasteiger partial charge in [-0.2, -0.15) is 4.68 Å². The summed E-state index contributed by atoms with van der Waals surface area (Å²) in [6.07, 6.45) is -0.328. The molecule has 1 aromatic heterocycles. The molecule has 0 radical (unpaired) electrons. The van der Waals surface area contributed by atoms with Crippen LogP contribution in [0.1, 0.15) is 32.6 Å². The molecule has 2 atom stereocenters. The van der Waals surface area contributed by atoms with Crippen molar-refractivity contribution in [3.8, 4) is 11.4 Å². The number of benzene rings is 1. The highest BCUT2D eigenvalue weighted by Crippen LogP contribution is 2.26. The molecular formula is C17H20F3N5O2S. The normalized spacial score (nSPS) is 20.0. The van der Waals surface area contributed by atoms with Gasteiger partial charge < -0.3 is 10.1 Å². The number of ether oxygens (including phenoxy) is 1. The lowest BCUT2D eigenvalue weighted by atomic mass is 9.86. The first-order valence-electron chi connectivity index (χ1n) is 8.88. The van der Waals surface area contributed by atoms with Gasteiger partial charge in [-0.05, 0) is 53.5 Å². The molecule has 0 saturated heterocycles. The summed E-state index contributed by atoms with van der Waals surface area (Å²) in [4.78, 5) is 12.2. The number of carbonyl (C=O) groups excluding carboxylic acids is 1. The van der Waals surface area contributed by atoms with Crippen molar-refractivity contribution in [3.63, 3.8) is 0 Å². The van der Waals surface area contributed by atoms with Crippen LogP contribution in [0.25, 0.3) is 5.69 Å². The third kappa shape index (κ3) is 5.60. The van der Waals surface area contributed by atoms with Gasteiger partial charge in [0.05, 0.1) is 11.4 Å². The Bertz CT molecular complexity index is 797. The maximum atomic E-state index is 12.2. The molecular weight excluding hydrogens is 395 g/mol. The van der Waals surface area contributed by atoms with E-state index in [1.54, 1.807) is 0 Å². The minimum atomic E-state index is -4.75. The molecule has 1 aromatic carbocycles. The van der Waals surface area contributed by atoms with Gasteiger partial charge in [0.15, 0.2) is 0 Å². The number of amides is 1. The lowest BCUT2D eigenvalue weighted by Crippen LogP contribution is -2.41. The topological polar surface area (TPSA) is 81.9 Å². The monoisotopic (exact) mass is 415 g/mol. The van der Waals surface area contributed by atoms with Crippen LogP contribution < -0.4 is 10.1 Å². The zero-order valence-electron chi connectivity index (χ0n) is 15.1. The van der Waals surface area contributed by atoms with E-state index >= 15 is 0 Å². The van der Waals surface area contributed by atoms with Gasteiger partial charge in [0.1, 0.15) is 5.75 Å². The van der Waals surface area contributed by atoms with Gasteiger partial charge in [-0.25, -0.2) is 0 Å². The van der Waals surface area contributed by atoms with Gasteiger partial charge in [-0.1, -0.05) is 31.5 Å². The number of hydrogen-bond acceptors (Lipinski definition) is 6. The number of halogens is 3. The molecule has 1 aliphatic rings. The molecule has 2 aromatic rings. The van der Waals surface area contributed by atoms with E-state index in [1.165, 1.54) is 35.4 Å². The lowest BCUT2D eigenvalue weighted by Gasteiger charge is -2.29. The molecule has 1 saturated carbocycles. The Balaban J connectivity index is 1.58. The summed E-state index contributed by atoms with van der Waals surface area (Å²) in [5.74, 6) is 0.191. The van der Waals surface area contributed by atoms with Gasteiger partial charge in [-0.15, -0.1) is 18.3 Å². The molecule has 7 nitrogen and oxygen atoms in total. The fraction of sp³-hybridized carbons (Fsp3) is 0.529. The fourth-order valence-corrected chi connectivity index (χ4v) is 3.83. The summed E-state index contributed by atoms with van der Waals surface area (Å²) in [5.41, 5.74) is 0.461. The molecule has 1 fully saturated rings. The number of carbonyl (C=O) groups is 1. The zero-order chi connectivity index (χ0) is 20.1. The van der Waals surface area contributed by atoms with E-state index in [9.17, 15) is 18.0 Å². The van der Waals surface area contributed by atoms with Crippen LogP contribution in [-0.4, -0.2) is 44.3 Å². The van der Waals surface area contributed by atoms with Gasteiger partial charge in [-0.3, -0.25) is 4.79 Å². The van der Waals surface area contributed by atoms with E-state index < -0.39 is 6.36 Å². The summed E-state index contributed by atoms with van der Waals surface area (Å²) >= 11 is 1.16. The van der Waals surface area contributed by atoms with Crippen molar-refractivity contribution in [3.05, 3.63) is 24.3 Å². The maximum absolute atomic E-state index is 12.2. The Morgan fingerprint density at radius 3 is 2.68 bits per heavy atom. The predicted octanol–water partition coefficient (Wildman–Crippen LogP) is 3.35. The van der Waals surface area contributed by atoms with Crippen molar-refractivity contribution in [2.24, 2.45) is 5.92 Å². The molecule has 152 valence electrons. The highest BCUT2D eigenvalue weighted by molar-refractivity contribution is 7.99. The molecule has 3 rings (SSSR count). The summed E-state index contributed by atoms with van der Waals surface area (Å²) in [6.45, 7) is 2.14. The van der Waals surface area contributed by atoms with E-state index in [0.717, 1.165) is 31.0 Å². The van der Waals surface area contributed by atoms with Crippen molar-refractivity contribution in [1.29, 1.82) is 0 Å². The van der Waals surface area contributed by atoms with Crippen molar-refractivity contribution in [1.82, 2.24) is 25.5 Å². The molecule has 0 aliphatic heterocycles. The Morgan fingerprint density at radius 1 is 1.29 bits per heavy atom. The fourth-order valence-electron chi connectivity index (χ4n) is 3.13. The molecule has 0 spiro atoms. The molecule has 1 amide bonds. The maximum Gasteiger partial charge on any atom is 0.573 e. The number of nitrogens with zero attached hydrogens (tertiary/aromatic N) is 4. The number of thioether (sulfide) groups is 1. The third-order valence-corrected chi connectivity index (χ3v) is 5.47. The number of rotatable bonds is 6. The average molecular weight is 415 g/mol. The summed E-state index contributed by atoms with van der Waals surface area (Å²) in [5, 5.41) is 14.7. The van der Waals surface area contributed by atoms with Crippen LogP contribution in [0.3, 0.4) is 0 Å². The van der Waals surface area contributed by atoms with Crippen LogP contribution >= 0.6 is 11.8 Å². The van der Waals surface area contributed by atoms with E-state index in [4.69, 9.17) is 0 Å². The largest absolute Gasteiger partial charge is 0.573 e. The second-order valence-corrected chi connectivity index (χ2v) is 7.58. The first-order chi connectivity index (χ1) is 13.3. The van der Waals surface area contributed by atoms with Crippen LogP contribution in [0.15, 0.2) is 29.4 Å². The molecule has 0 unspecified atom stereocenters. The lowest BCUT2D eigenvalue weighted by molar-refractivity contribution is -0.274. The number of hydrogen-bond donors (Lipinski definition) is 1. The Morgan fingerprint density at radius 2 is 2.00 bits per heavy atom. The third-order valence-electron chi connectivity index (χ3n) is 4.55. The summed E-state index contributed by atoms with van der Waals surface area (Å²) in [6, 6.07) is 5.36. The van der Waals surface area contributed by atoms with Crippen LogP contribution in [0.4, 0.5) is 13.2 Å². The summed E-state index contributed by atoms with van der Waals surface area (Å²) < 4.78 is 41.9. The van der Waals surface area contributed by atoms with Gasteiger partial charge in [0.25, 0.3) is 0 Å². The molecule has 1 heterocycles. The van der Waals surface area contributed by atoms with Gasteiger partial charge in [0.2, 0.25) is 11.1 Å². The van der Waals surface area contributed by atoms with Crippen molar-refractivity contribution in [2.75, 3.05) is 5.75 Å². The second-order valence-electron chi connectivity index (χ2n) is 6.64. The van der Waals surface area contributed by atoms with Crippen molar-refractivity contribution in [2.45, 2.75) is 50.2 Å². The number of alkyl halides is 3. The van der Waals surface area contributed by atoms with E-state index in [1.807, 2.05) is 0 Å². The SMILES string of the molecule is C[C@H]1CCCC[C@H]1NC(=O)CSc1nnnn1-c1ccc(OC(F)(F)F)cc1. The highest BCUT2D eigenvalue weighted by Gasteiger charge is 2.31. The quantitative estimate of drug-likeness (QED) is 0.729. The Labute approximate surface area is 164 Å². The summed E-state index contributed by atoms with van der Waals surface area (Å²) in [7, 11) is 0. The first-order valence-corrected chi connectivity index (χ1v) is 9.87. The van der Waals surface area contributed by atoms with E-state index in [0.29, 0.717) is 16.8 Å². The van der Waals surface area contributed by atoms with Crippen molar-refractivity contribution < 1.29 is 22.7 Å². The number of aromatic nitrogens is 4.